The Kier molecular flexibility index (Phi) is 3.00. The normalized spacial score (nSPS) is 25.9. The first-order valence-electron chi connectivity index (χ1n) is 7.35. The molecular formula is C14H19N5S. The molecule has 2 aromatic rings. The Bertz CT molecular complexity index is 625. The van der Waals surface area contributed by atoms with Crippen molar-refractivity contribution in [3.8, 4) is 0 Å². The van der Waals surface area contributed by atoms with Crippen molar-refractivity contribution in [2.75, 3.05) is 16.9 Å². The van der Waals surface area contributed by atoms with Crippen LogP contribution in [0, 0.1) is 5.92 Å². The molecule has 0 amide bonds. The maximum Gasteiger partial charge on any atom is 0.240 e. The Balaban J connectivity index is 1.81. The number of anilines is 2. The quantitative estimate of drug-likeness (QED) is 0.657. The lowest BCUT2D eigenvalue weighted by molar-refractivity contribution is 0.361. The van der Waals surface area contributed by atoms with Crippen LogP contribution < -0.4 is 16.2 Å². The summed E-state index contributed by atoms with van der Waals surface area (Å²) in [7, 11) is 0. The van der Waals surface area contributed by atoms with Crippen molar-refractivity contribution >= 4 is 33.3 Å². The number of nitrogens with two attached hydrogens (primary N) is 1. The minimum absolute atomic E-state index is 0.523. The third-order valence-electron chi connectivity index (χ3n) is 4.70. The van der Waals surface area contributed by atoms with Gasteiger partial charge in [0.25, 0.3) is 0 Å². The molecule has 5 nitrogen and oxygen atoms in total. The molecule has 6 heteroatoms. The largest absolute Gasteiger partial charge is 0.353 e. The SMILES string of the molecule is NNc1nc(N2CCCC3CCCC32)c2ccsc2n1. The molecule has 2 aromatic heterocycles. The third kappa shape index (κ3) is 1.86. The lowest BCUT2D eigenvalue weighted by atomic mass is 9.92. The summed E-state index contributed by atoms with van der Waals surface area (Å²) >= 11 is 1.65. The van der Waals surface area contributed by atoms with Gasteiger partial charge < -0.3 is 4.90 Å². The molecule has 20 heavy (non-hydrogen) atoms. The van der Waals surface area contributed by atoms with Crippen LogP contribution in [0.1, 0.15) is 32.1 Å². The minimum Gasteiger partial charge on any atom is -0.353 e. The van der Waals surface area contributed by atoms with Crippen molar-refractivity contribution in [3.05, 3.63) is 11.4 Å². The Hall–Kier alpha value is -1.40. The van der Waals surface area contributed by atoms with Crippen molar-refractivity contribution in [1.82, 2.24) is 9.97 Å². The second-order valence-corrected chi connectivity index (χ2v) is 6.64. The molecule has 3 N–H and O–H groups in total. The number of aromatic nitrogens is 2. The standard InChI is InChI=1S/C14H19N5S/c15-18-14-16-12(10-6-8-20-13(10)17-14)19-7-2-4-9-3-1-5-11(9)19/h6,8-9,11H,1-5,7,15H2,(H,16,17,18). The Morgan fingerprint density at radius 2 is 2.15 bits per heavy atom. The van der Waals surface area contributed by atoms with Gasteiger partial charge in [-0.1, -0.05) is 6.42 Å². The van der Waals surface area contributed by atoms with Crippen LogP contribution in [0.5, 0.6) is 0 Å². The van der Waals surface area contributed by atoms with Crippen LogP contribution in [0.15, 0.2) is 11.4 Å². The fraction of sp³-hybridized carbons (Fsp3) is 0.571. The summed E-state index contributed by atoms with van der Waals surface area (Å²) in [6.07, 6.45) is 6.67. The first kappa shape index (κ1) is 12.3. The molecule has 1 aliphatic heterocycles. The van der Waals surface area contributed by atoms with Gasteiger partial charge in [0.1, 0.15) is 10.6 Å². The van der Waals surface area contributed by atoms with Crippen molar-refractivity contribution in [2.45, 2.75) is 38.1 Å². The Labute approximate surface area is 122 Å². The van der Waals surface area contributed by atoms with E-state index in [4.69, 9.17) is 5.84 Å². The first-order chi connectivity index (χ1) is 9.86. The van der Waals surface area contributed by atoms with Gasteiger partial charge in [-0.25, -0.2) is 10.8 Å². The van der Waals surface area contributed by atoms with Crippen molar-refractivity contribution in [2.24, 2.45) is 11.8 Å². The van der Waals surface area contributed by atoms with E-state index in [0.29, 0.717) is 12.0 Å². The van der Waals surface area contributed by atoms with Gasteiger partial charge >= 0.3 is 0 Å². The van der Waals surface area contributed by atoms with Gasteiger partial charge in [-0.05, 0) is 43.0 Å². The molecular weight excluding hydrogens is 270 g/mol. The highest BCUT2D eigenvalue weighted by Crippen LogP contribution is 2.41. The molecule has 2 fully saturated rings. The van der Waals surface area contributed by atoms with E-state index in [-0.39, 0.29) is 0 Å². The topological polar surface area (TPSA) is 67.1 Å². The summed E-state index contributed by atoms with van der Waals surface area (Å²) in [6, 6.07) is 2.79. The number of nitrogens with zero attached hydrogens (tertiary/aromatic N) is 3. The zero-order valence-corrected chi connectivity index (χ0v) is 12.2. The molecule has 2 aliphatic rings. The highest BCUT2D eigenvalue weighted by molar-refractivity contribution is 7.16. The zero-order valence-electron chi connectivity index (χ0n) is 11.4. The number of nitrogens with one attached hydrogen (secondary N) is 1. The fourth-order valence-corrected chi connectivity index (χ4v) is 4.60. The van der Waals surface area contributed by atoms with E-state index in [9.17, 15) is 0 Å². The number of piperidine rings is 1. The summed E-state index contributed by atoms with van der Waals surface area (Å²) in [5.41, 5.74) is 2.61. The van der Waals surface area contributed by atoms with Gasteiger partial charge in [-0.15, -0.1) is 11.3 Å². The molecule has 0 spiro atoms. The highest BCUT2D eigenvalue weighted by Gasteiger charge is 2.36. The summed E-state index contributed by atoms with van der Waals surface area (Å²) in [6.45, 7) is 1.10. The third-order valence-corrected chi connectivity index (χ3v) is 5.51. The average molecular weight is 289 g/mol. The van der Waals surface area contributed by atoms with Gasteiger partial charge in [0.2, 0.25) is 5.95 Å². The molecule has 0 bridgehead atoms. The van der Waals surface area contributed by atoms with E-state index in [1.54, 1.807) is 11.3 Å². The Morgan fingerprint density at radius 1 is 1.25 bits per heavy atom. The van der Waals surface area contributed by atoms with Crippen molar-refractivity contribution in [3.63, 3.8) is 0 Å². The highest BCUT2D eigenvalue weighted by atomic mass is 32.1. The lowest BCUT2D eigenvalue weighted by Crippen LogP contribution is -2.43. The molecule has 1 saturated heterocycles. The summed E-state index contributed by atoms with van der Waals surface area (Å²) < 4.78 is 0. The second kappa shape index (κ2) is 4.86. The molecule has 0 radical (unpaired) electrons. The van der Waals surface area contributed by atoms with Gasteiger partial charge in [-0.2, -0.15) is 4.98 Å². The van der Waals surface area contributed by atoms with Crippen molar-refractivity contribution in [1.29, 1.82) is 0 Å². The number of hydrogen-bond donors (Lipinski definition) is 2. The lowest BCUT2D eigenvalue weighted by Gasteiger charge is -2.39. The predicted octanol–water partition coefficient (Wildman–Crippen LogP) is 2.75. The molecule has 1 saturated carbocycles. The average Bonchev–Trinajstić information content (AvgIpc) is 3.14. The van der Waals surface area contributed by atoms with Crippen molar-refractivity contribution < 1.29 is 0 Å². The molecule has 3 heterocycles. The molecule has 0 aromatic carbocycles. The summed E-state index contributed by atoms with van der Waals surface area (Å²) in [4.78, 5) is 12.6. The van der Waals surface area contributed by atoms with Crippen LogP contribution in [0.2, 0.25) is 0 Å². The number of hydrogen-bond acceptors (Lipinski definition) is 6. The molecule has 2 atom stereocenters. The number of hydrazine groups is 1. The zero-order chi connectivity index (χ0) is 13.5. The molecule has 106 valence electrons. The van der Waals surface area contributed by atoms with Crippen LogP contribution in [0.3, 0.4) is 0 Å². The van der Waals surface area contributed by atoms with E-state index in [2.05, 4.69) is 31.7 Å². The minimum atomic E-state index is 0.523. The Morgan fingerprint density at radius 3 is 3.05 bits per heavy atom. The van der Waals surface area contributed by atoms with E-state index >= 15 is 0 Å². The number of thiophene rings is 1. The summed E-state index contributed by atoms with van der Waals surface area (Å²) in [5, 5.41) is 3.25. The first-order valence-corrected chi connectivity index (χ1v) is 8.23. The smallest absolute Gasteiger partial charge is 0.240 e. The number of fused-ring (bicyclic) bond motifs is 2. The number of nitrogen functional groups attached to an aromatic ring is 1. The molecule has 2 unspecified atom stereocenters. The van der Waals surface area contributed by atoms with Crippen LogP contribution >= 0.6 is 11.3 Å². The van der Waals surface area contributed by atoms with Gasteiger partial charge in [-0.3, -0.25) is 5.43 Å². The van der Waals surface area contributed by atoms with Crippen LogP contribution in [0.25, 0.3) is 10.2 Å². The monoisotopic (exact) mass is 289 g/mol. The second-order valence-electron chi connectivity index (χ2n) is 5.75. The predicted molar refractivity (Wildman–Crippen MR) is 82.9 cm³/mol. The van der Waals surface area contributed by atoms with E-state index in [1.165, 1.54) is 37.5 Å². The van der Waals surface area contributed by atoms with Crippen LogP contribution in [-0.4, -0.2) is 22.6 Å². The van der Waals surface area contributed by atoms with Gasteiger partial charge in [0.05, 0.1) is 5.39 Å². The molecule has 1 aliphatic carbocycles. The van der Waals surface area contributed by atoms with Crippen LogP contribution in [0.4, 0.5) is 11.8 Å². The van der Waals surface area contributed by atoms with E-state index in [1.807, 2.05) is 0 Å². The van der Waals surface area contributed by atoms with Gasteiger partial charge in [0.15, 0.2) is 0 Å². The number of rotatable bonds is 2. The molecule has 4 rings (SSSR count). The fourth-order valence-electron chi connectivity index (χ4n) is 3.84. The van der Waals surface area contributed by atoms with E-state index < -0.39 is 0 Å². The van der Waals surface area contributed by atoms with Crippen LogP contribution in [-0.2, 0) is 0 Å². The maximum absolute atomic E-state index is 5.53. The summed E-state index contributed by atoms with van der Waals surface area (Å²) in [5.74, 6) is 7.97. The van der Waals surface area contributed by atoms with Gasteiger partial charge in [0, 0.05) is 12.6 Å². The van der Waals surface area contributed by atoms with E-state index in [0.717, 1.165) is 23.1 Å². The maximum atomic E-state index is 5.53.